The van der Waals surface area contributed by atoms with Gasteiger partial charge in [-0.25, -0.2) is 0 Å². The molecular formula is C26H34FN3O2S. The summed E-state index contributed by atoms with van der Waals surface area (Å²) in [6.07, 6.45) is 7.01. The van der Waals surface area contributed by atoms with E-state index < -0.39 is 0 Å². The number of piperidine rings is 1. The van der Waals surface area contributed by atoms with E-state index in [1.54, 1.807) is 6.07 Å². The summed E-state index contributed by atoms with van der Waals surface area (Å²) < 4.78 is 25.3. The molecule has 2 fully saturated rings. The van der Waals surface area contributed by atoms with Gasteiger partial charge in [-0.05, 0) is 102 Å². The van der Waals surface area contributed by atoms with Gasteiger partial charge in [-0.3, -0.25) is 4.90 Å². The van der Waals surface area contributed by atoms with E-state index in [4.69, 9.17) is 9.26 Å². The lowest BCUT2D eigenvalue weighted by Crippen LogP contribution is -2.33. The van der Waals surface area contributed by atoms with Crippen LogP contribution in [-0.4, -0.2) is 48.7 Å². The molecule has 0 bridgehead atoms. The van der Waals surface area contributed by atoms with E-state index in [1.165, 1.54) is 37.0 Å². The SMILES string of the molecule is CN(C)Cc1c(OCC2CC2)ccc2c(CCC3CCN(Cc4ccc(F)s4)CC3)noc12. The van der Waals surface area contributed by atoms with E-state index in [0.717, 1.165) is 84.4 Å². The van der Waals surface area contributed by atoms with Crippen LogP contribution in [0.25, 0.3) is 11.0 Å². The van der Waals surface area contributed by atoms with Gasteiger partial charge in [0.25, 0.3) is 0 Å². The topological polar surface area (TPSA) is 41.7 Å². The molecule has 5 rings (SSSR count). The van der Waals surface area contributed by atoms with Crippen molar-refractivity contribution in [2.75, 3.05) is 33.8 Å². The first-order valence-corrected chi connectivity index (χ1v) is 13.0. The Morgan fingerprint density at radius 1 is 1.12 bits per heavy atom. The molecule has 178 valence electrons. The van der Waals surface area contributed by atoms with Crippen molar-refractivity contribution in [3.05, 3.63) is 45.5 Å². The summed E-state index contributed by atoms with van der Waals surface area (Å²) in [5.41, 5.74) is 3.05. The number of aryl methyl sites for hydroxylation is 1. The molecule has 1 saturated carbocycles. The summed E-state index contributed by atoms with van der Waals surface area (Å²) in [7, 11) is 4.14. The quantitative estimate of drug-likeness (QED) is 0.378. The van der Waals surface area contributed by atoms with Crippen molar-refractivity contribution in [2.24, 2.45) is 11.8 Å². The molecule has 0 amide bonds. The Hall–Kier alpha value is -1.96. The lowest BCUT2D eigenvalue weighted by Gasteiger charge is -2.31. The molecule has 0 unspecified atom stereocenters. The van der Waals surface area contributed by atoms with Crippen molar-refractivity contribution in [3.8, 4) is 5.75 Å². The second kappa shape index (κ2) is 10.1. The standard InChI is InChI=1S/C26H34FN3O2S/c1-29(2)16-22-24(31-17-19-3-4-19)9-7-21-23(28-32-26(21)22)8-5-18-11-13-30(14-12-18)15-20-6-10-25(27)33-20/h6-7,9-10,18-19H,3-5,8,11-17H2,1-2H3. The maximum Gasteiger partial charge on any atom is 0.176 e. The molecule has 1 aromatic carbocycles. The zero-order valence-corrected chi connectivity index (χ0v) is 20.5. The number of hydrogen-bond donors (Lipinski definition) is 0. The summed E-state index contributed by atoms with van der Waals surface area (Å²) in [5.74, 6) is 2.36. The van der Waals surface area contributed by atoms with Gasteiger partial charge in [-0.1, -0.05) is 5.16 Å². The number of fused-ring (bicyclic) bond motifs is 1. The summed E-state index contributed by atoms with van der Waals surface area (Å²) in [5, 5.41) is 5.52. The highest BCUT2D eigenvalue weighted by molar-refractivity contribution is 7.10. The Morgan fingerprint density at radius 2 is 1.94 bits per heavy atom. The largest absolute Gasteiger partial charge is 0.493 e. The average Bonchev–Trinajstić information content (AvgIpc) is 3.40. The Bertz CT molecular complexity index is 1070. The van der Waals surface area contributed by atoms with Crippen LogP contribution in [-0.2, 0) is 19.5 Å². The summed E-state index contributed by atoms with van der Waals surface area (Å²) in [4.78, 5) is 5.72. The maximum atomic E-state index is 13.2. The van der Waals surface area contributed by atoms with Gasteiger partial charge in [0.05, 0.1) is 17.9 Å². The molecule has 7 heteroatoms. The number of rotatable bonds is 10. The normalized spacial score (nSPS) is 17.9. The number of halogens is 1. The molecule has 0 atom stereocenters. The fourth-order valence-corrected chi connectivity index (χ4v) is 5.57. The number of aromatic nitrogens is 1. The number of thiophene rings is 1. The van der Waals surface area contributed by atoms with Crippen LogP contribution in [0.1, 0.15) is 48.2 Å². The minimum atomic E-state index is -0.0879. The van der Waals surface area contributed by atoms with Crippen molar-refractivity contribution < 1.29 is 13.7 Å². The van der Waals surface area contributed by atoms with Crippen LogP contribution in [0.3, 0.4) is 0 Å². The van der Waals surface area contributed by atoms with Gasteiger partial charge in [0, 0.05) is 23.4 Å². The van der Waals surface area contributed by atoms with Crippen molar-refractivity contribution in [2.45, 2.75) is 51.6 Å². The number of benzene rings is 1. The van der Waals surface area contributed by atoms with E-state index in [1.807, 2.05) is 6.07 Å². The average molecular weight is 472 g/mol. The zero-order valence-electron chi connectivity index (χ0n) is 19.7. The highest BCUT2D eigenvalue weighted by atomic mass is 32.1. The second-order valence-electron chi connectivity index (χ2n) is 10.0. The highest BCUT2D eigenvalue weighted by Crippen LogP contribution is 2.35. The van der Waals surface area contributed by atoms with Crippen LogP contribution in [0.2, 0.25) is 0 Å². The minimum Gasteiger partial charge on any atom is -0.493 e. The van der Waals surface area contributed by atoms with Crippen molar-refractivity contribution in [1.29, 1.82) is 0 Å². The van der Waals surface area contributed by atoms with E-state index in [9.17, 15) is 4.39 Å². The molecule has 2 aromatic heterocycles. The molecule has 1 saturated heterocycles. The van der Waals surface area contributed by atoms with E-state index >= 15 is 0 Å². The summed E-state index contributed by atoms with van der Waals surface area (Å²) in [6.45, 7) is 4.61. The van der Waals surface area contributed by atoms with Gasteiger partial charge >= 0.3 is 0 Å². The van der Waals surface area contributed by atoms with Crippen molar-refractivity contribution in [1.82, 2.24) is 15.0 Å². The van der Waals surface area contributed by atoms with Crippen molar-refractivity contribution >= 4 is 22.3 Å². The van der Waals surface area contributed by atoms with Crippen molar-refractivity contribution in [3.63, 3.8) is 0 Å². The Kier molecular flexibility index (Phi) is 6.99. The van der Waals surface area contributed by atoms with Gasteiger partial charge < -0.3 is 14.2 Å². The molecule has 0 spiro atoms. The molecule has 1 aliphatic heterocycles. The second-order valence-corrected chi connectivity index (χ2v) is 11.1. The number of hydrogen-bond acceptors (Lipinski definition) is 6. The van der Waals surface area contributed by atoms with E-state index in [-0.39, 0.29) is 5.13 Å². The Labute approximate surface area is 199 Å². The molecular weight excluding hydrogens is 437 g/mol. The van der Waals surface area contributed by atoms with Gasteiger partial charge in [0.1, 0.15) is 5.75 Å². The monoisotopic (exact) mass is 471 g/mol. The summed E-state index contributed by atoms with van der Waals surface area (Å²) >= 11 is 1.27. The molecule has 3 aromatic rings. The van der Waals surface area contributed by atoms with Gasteiger partial charge in [-0.2, -0.15) is 4.39 Å². The Balaban J connectivity index is 1.19. The lowest BCUT2D eigenvalue weighted by molar-refractivity contribution is 0.173. The predicted molar refractivity (Wildman–Crippen MR) is 130 cm³/mol. The first kappa shape index (κ1) is 22.8. The van der Waals surface area contributed by atoms with Gasteiger partial charge in [0.2, 0.25) is 0 Å². The lowest BCUT2D eigenvalue weighted by atomic mass is 9.91. The van der Waals surface area contributed by atoms with Crippen LogP contribution >= 0.6 is 11.3 Å². The fraction of sp³-hybridized carbons (Fsp3) is 0.577. The molecule has 33 heavy (non-hydrogen) atoms. The number of likely N-dealkylation sites (tertiary alicyclic amines) is 1. The molecule has 2 aliphatic rings. The van der Waals surface area contributed by atoms with E-state index in [2.05, 4.69) is 41.2 Å². The number of ether oxygens (including phenoxy) is 1. The van der Waals surface area contributed by atoms with Crippen LogP contribution in [0.5, 0.6) is 5.75 Å². The minimum absolute atomic E-state index is 0.0879. The molecule has 5 nitrogen and oxygen atoms in total. The first-order valence-electron chi connectivity index (χ1n) is 12.2. The van der Waals surface area contributed by atoms with Gasteiger partial charge in [-0.15, -0.1) is 11.3 Å². The van der Waals surface area contributed by atoms with E-state index in [0.29, 0.717) is 5.92 Å². The number of nitrogens with zero attached hydrogens (tertiary/aromatic N) is 3. The molecule has 1 aliphatic carbocycles. The van der Waals surface area contributed by atoms with Crippen LogP contribution in [0, 0.1) is 17.0 Å². The third-order valence-corrected chi connectivity index (χ3v) is 7.78. The fourth-order valence-electron chi connectivity index (χ4n) is 4.80. The third-order valence-electron chi connectivity index (χ3n) is 6.93. The maximum absolute atomic E-state index is 13.2. The first-order chi connectivity index (χ1) is 16.0. The Morgan fingerprint density at radius 3 is 2.64 bits per heavy atom. The molecule has 0 radical (unpaired) electrons. The smallest absolute Gasteiger partial charge is 0.176 e. The molecule has 3 heterocycles. The zero-order chi connectivity index (χ0) is 22.8. The predicted octanol–water partition coefficient (Wildman–Crippen LogP) is 5.72. The van der Waals surface area contributed by atoms with Gasteiger partial charge in [0.15, 0.2) is 10.7 Å². The third kappa shape index (κ3) is 5.76. The molecule has 0 N–H and O–H groups in total. The highest BCUT2D eigenvalue weighted by Gasteiger charge is 2.25. The summed E-state index contributed by atoms with van der Waals surface area (Å²) in [6, 6.07) is 7.72. The van der Waals surface area contributed by atoms with Crippen LogP contribution < -0.4 is 4.74 Å². The van der Waals surface area contributed by atoms with Crippen LogP contribution in [0.4, 0.5) is 4.39 Å². The van der Waals surface area contributed by atoms with Crippen LogP contribution in [0.15, 0.2) is 28.8 Å².